The van der Waals surface area contributed by atoms with Gasteiger partial charge >= 0.3 is 0 Å². The molecular formula is C17H24BrN3O3. The van der Waals surface area contributed by atoms with Crippen LogP contribution < -0.4 is 5.32 Å². The highest BCUT2D eigenvalue weighted by atomic mass is 79.9. The van der Waals surface area contributed by atoms with Crippen molar-refractivity contribution in [2.75, 3.05) is 45.2 Å². The smallest absolute Gasteiger partial charge is 0.239 e. The van der Waals surface area contributed by atoms with Crippen LogP contribution in [0.1, 0.15) is 12.5 Å². The molecule has 132 valence electrons. The summed E-state index contributed by atoms with van der Waals surface area (Å²) in [7, 11) is 1.79. The van der Waals surface area contributed by atoms with Crippen molar-refractivity contribution in [3.63, 3.8) is 0 Å². The van der Waals surface area contributed by atoms with E-state index in [1.807, 2.05) is 32.0 Å². The van der Waals surface area contributed by atoms with Gasteiger partial charge in [0.15, 0.2) is 0 Å². The average Bonchev–Trinajstić information content (AvgIpc) is 2.56. The Kier molecular flexibility index (Phi) is 6.77. The topological polar surface area (TPSA) is 61.9 Å². The molecule has 0 saturated carbocycles. The molecule has 0 aromatic heterocycles. The summed E-state index contributed by atoms with van der Waals surface area (Å²) in [6.07, 6.45) is 0. The molecule has 2 amide bonds. The van der Waals surface area contributed by atoms with Crippen molar-refractivity contribution in [2.24, 2.45) is 0 Å². The number of ether oxygens (including phenoxy) is 1. The maximum Gasteiger partial charge on any atom is 0.239 e. The van der Waals surface area contributed by atoms with Gasteiger partial charge in [0.1, 0.15) is 0 Å². The Balaban J connectivity index is 1.89. The zero-order valence-electron chi connectivity index (χ0n) is 14.3. The molecule has 0 radical (unpaired) electrons. The monoisotopic (exact) mass is 397 g/mol. The second-order valence-corrected chi connectivity index (χ2v) is 6.95. The number of aryl methyl sites for hydroxylation is 1. The van der Waals surface area contributed by atoms with E-state index in [1.54, 1.807) is 16.8 Å². The van der Waals surface area contributed by atoms with Crippen LogP contribution in [0.25, 0.3) is 0 Å². The van der Waals surface area contributed by atoms with Gasteiger partial charge in [-0.1, -0.05) is 15.9 Å². The quantitative estimate of drug-likeness (QED) is 0.823. The summed E-state index contributed by atoms with van der Waals surface area (Å²) < 4.78 is 6.24. The number of nitrogens with one attached hydrogen (secondary N) is 1. The number of morpholine rings is 1. The number of nitrogens with zero attached hydrogens (tertiary/aromatic N) is 2. The van der Waals surface area contributed by atoms with Crippen molar-refractivity contribution in [3.8, 4) is 0 Å². The van der Waals surface area contributed by atoms with Crippen LogP contribution in [-0.4, -0.2) is 67.6 Å². The number of carbonyl (C=O) groups excluding carboxylic acids is 2. The van der Waals surface area contributed by atoms with Gasteiger partial charge in [0.05, 0.1) is 25.8 Å². The van der Waals surface area contributed by atoms with Crippen LogP contribution in [0.2, 0.25) is 0 Å². The van der Waals surface area contributed by atoms with E-state index >= 15 is 0 Å². The first-order valence-corrected chi connectivity index (χ1v) is 8.80. The predicted octanol–water partition coefficient (Wildman–Crippen LogP) is 1.88. The molecule has 0 spiro atoms. The number of hydrogen-bond acceptors (Lipinski definition) is 4. The van der Waals surface area contributed by atoms with Crippen LogP contribution in [0.3, 0.4) is 0 Å². The molecular weight excluding hydrogens is 374 g/mol. The van der Waals surface area contributed by atoms with Gasteiger partial charge in [-0.15, -0.1) is 0 Å². The summed E-state index contributed by atoms with van der Waals surface area (Å²) in [6.45, 7) is 6.30. The third kappa shape index (κ3) is 5.03. The van der Waals surface area contributed by atoms with Gasteiger partial charge in [-0.05, 0) is 44.7 Å². The van der Waals surface area contributed by atoms with E-state index in [2.05, 4.69) is 21.2 Å². The lowest BCUT2D eigenvalue weighted by molar-refractivity contribution is -0.140. The minimum atomic E-state index is -0.347. The third-order valence-electron chi connectivity index (χ3n) is 4.20. The fourth-order valence-corrected chi connectivity index (χ4v) is 3.03. The van der Waals surface area contributed by atoms with Gasteiger partial charge in [-0.25, -0.2) is 0 Å². The van der Waals surface area contributed by atoms with Gasteiger partial charge < -0.3 is 15.0 Å². The van der Waals surface area contributed by atoms with Crippen LogP contribution in [-0.2, 0) is 14.3 Å². The van der Waals surface area contributed by atoms with Gasteiger partial charge in [0.25, 0.3) is 0 Å². The van der Waals surface area contributed by atoms with E-state index in [9.17, 15) is 9.59 Å². The number of amides is 2. The molecule has 1 unspecified atom stereocenters. The number of anilines is 1. The molecule has 1 fully saturated rings. The Labute approximate surface area is 151 Å². The fraction of sp³-hybridized carbons (Fsp3) is 0.529. The van der Waals surface area contributed by atoms with E-state index < -0.39 is 0 Å². The molecule has 1 heterocycles. The standard InChI is InChI=1S/C17H24BrN3O3/c1-12-10-14(18)4-5-15(12)19-16(22)11-20(3)13(2)17(23)21-6-8-24-9-7-21/h4-5,10,13H,6-9,11H2,1-3H3,(H,19,22). The molecule has 0 aliphatic carbocycles. The Morgan fingerprint density at radius 2 is 2.04 bits per heavy atom. The first-order valence-electron chi connectivity index (χ1n) is 8.01. The van der Waals surface area contributed by atoms with Gasteiger partial charge in [0, 0.05) is 23.2 Å². The van der Waals surface area contributed by atoms with Gasteiger partial charge in [-0.2, -0.15) is 0 Å². The minimum absolute atomic E-state index is 0.0356. The van der Waals surface area contributed by atoms with Crippen LogP contribution >= 0.6 is 15.9 Å². The molecule has 7 heteroatoms. The van der Waals surface area contributed by atoms with E-state index in [4.69, 9.17) is 4.74 Å². The minimum Gasteiger partial charge on any atom is -0.378 e. The molecule has 1 aliphatic heterocycles. The predicted molar refractivity (Wildman–Crippen MR) is 97.0 cm³/mol. The molecule has 2 rings (SSSR count). The Morgan fingerprint density at radius 1 is 1.38 bits per heavy atom. The molecule has 1 aromatic carbocycles. The summed E-state index contributed by atoms with van der Waals surface area (Å²) in [6, 6.07) is 5.35. The number of likely N-dealkylation sites (N-methyl/N-ethyl adjacent to an activating group) is 1. The summed E-state index contributed by atoms with van der Waals surface area (Å²) in [4.78, 5) is 28.3. The van der Waals surface area contributed by atoms with Crippen molar-refractivity contribution < 1.29 is 14.3 Å². The molecule has 0 bridgehead atoms. The van der Waals surface area contributed by atoms with E-state index in [0.29, 0.717) is 26.3 Å². The molecule has 1 N–H and O–H groups in total. The number of rotatable bonds is 5. The lowest BCUT2D eigenvalue weighted by Gasteiger charge is -2.32. The van der Waals surface area contributed by atoms with Crippen LogP contribution in [0.4, 0.5) is 5.69 Å². The Morgan fingerprint density at radius 3 is 2.67 bits per heavy atom. The summed E-state index contributed by atoms with van der Waals surface area (Å²) in [5.74, 6) is -0.0991. The zero-order chi connectivity index (χ0) is 17.7. The maximum atomic E-state index is 12.5. The Hall–Kier alpha value is -1.44. The number of hydrogen-bond donors (Lipinski definition) is 1. The van der Waals surface area contributed by atoms with Crippen LogP contribution in [0.15, 0.2) is 22.7 Å². The second-order valence-electron chi connectivity index (χ2n) is 6.04. The first kappa shape index (κ1) is 18.9. The van der Waals surface area contributed by atoms with Crippen molar-refractivity contribution in [3.05, 3.63) is 28.2 Å². The second kappa shape index (κ2) is 8.60. The van der Waals surface area contributed by atoms with Crippen LogP contribution in [0.5, 0.6) is 0 Å². The third-order valence-corrected chi connectivity index (χ3v) is 4.69. The zero-order valence-corrected chi connectivity index (χ0v) is 15.9. The highest BCUT2D eigenvalue weighted by Crippen LogP contribution is 2.20. The SMILES string of the molecule is Cc1cc(Br)ccc1NC(=O)CN(C)C(C)C(=O)N1CCOCC1. The summed E-state index contributed by atoms with van der Waals surface area (Å²) in [5.41, 5.74) is 1.77. The fourth-order valence-electron chi connectivity index (χ4n) is 2.56. The highest BCUT2D eigenvalue weighted by Gasteiger charge is 2.26. The molecule has 6 nitrogen and oxygen atoms in total. The molecule has 1 atom stereocenters. The van der Waals surface area contributed by atoms with E-state index in [-0.39, 0.29) is 24.4 Å². The van der Waals surface area contributed by atoms with Crippen molar-refractivity contribution in [1.29, 1.82) is 0 Å². The van der Waals surface area contributed by atoms with Gasteiger partial charge in [-0.3, -0.25) is 14.5 Å². The number of halogens is 1. The van der Waals surface area contributed by atoms with E-state index in [1.165, 1.54) is 0 Å². The molecule has 1 aromatic rings. The normalized spacial score (nSPS) is 16.1. The average molecular weight is 398 g/mol. The Bertz CT molecular complexity index is 603. The maximum absolute atomic E-state index is 12.5. The van der Waals surface area contributed by atoms with Gasteiger partial charge in [0.2, 0.25) is 11.8 Å². The largest absolute Gasteiger partial charge is 0.378 e. The highest BCUT2D eigenvalue weighted by molar-refractivity contribution is 9.10. The number of carbonyl (C=O) groups is 2. The van der Waals surface area contributed by atoms with Crippen molar-refractivity contribution in [2.45, 2.75) is 19.9 Å². The molecule has 1 saturated heterocycles. The first-order chi connectivity index (χ1) is 11.4. The molecule has 24 heavy (non-hydrogen) atoms. The summed E-state index contributed by atoms with van der Waals surface area (Å²) in [5, 5.41) is 2.90. The lowest BCUT2D eigenvalue weighted by atomic mass is 10.2. The van der Waals surface area contributed by atoms with Crippen molar-refractivity contribution in [1.82, 2.24) is 9.80 Å². The molecule has 1 aliphatic rings. The van der Waals surface area contributed by atoms with Crippen molar-refractivity contribution >= 4 is 33.4 Å². The van der Waals surface area contributed by atoms with Crippen LogP contribution in [0, 0.1) is 6.92 Å². The summed E-state index contributed by atoms with van der Waals surface area (Å²) >= 11 is 3.40. The van der Waals surface area contributed by atoms with E-state index in [0.717, 1.165) is 15.7 Å². The number of benzene rings is 1. The lowest BCUT2D eigenvalue weighted by Crippen LogP contribution is -2.50.